The number of ether oxygens (including phenoxy) is 2. The molecule has 0 bridgehead atoms. The van der Waals surface area contributed by atoms with Gasteiger partial charge < -0.3 is 9.47 Å². The Bertz CT molecular complexity index is 703. The summed E-state index contributed by atoms with van der Waals surface area (Å²) in [5.74, 6) is 0.236. The third-order valence-electron chi connectivity index (χ3n) is 3.85. The Morgan fingerprint density at radius 1 is 1.43 bits per heavy atom. The third kappa shape index (κ3) is 3.38. The predicted octanol–water partition coefficient (Wildman–Crippen LogP) is 1.99. The molecule has 1 atom stereocenters. The van der Waals surface area contributed by atoms with Crippen LogP contribution in [0.25, 0.3) is 10.9 Å². The van der Waals surface area contributed by atoms with E-state index in [-0.39, 0.29) is 17.7 Å². The number of aromatic nitrogens is 2. The summed E-state index contributed by atoms with van der Waals surface area (Å²) in [7, 11) is 0. The van der Waals surface area contributed by atoms with Gasteiger partial charge in [0.25, 0.3) is 0 Å². The Labute approximate surface area is 133 Å². The predicted molar refractivity (Wildman–Crippen MR) is 83.3 cm³/mol. The van der Waals surface area contributed by atoms with Crippen molar-refractivity contribution in [1.82, 2.24) is 14.9 Å². The van der Waals surface area contributed by atoms with Crippen LogP contribution in [0, 0.1) is 10.1 Å². The largest absolute Gasteiger partial charge is 0.468 e. The van der Waals surface area contributed by atoms with Gasteiger partial charge in [0.15, 0.2) is 6.23 Å². The van der Waals surface area contributed by atoms with Crippen molar-refractivity contribution < 1.29 is 14.4 Å². The van der Waals surface area contributed by atoms with Gasteiger partial charge >= 0.3 is 5.69 Å². The summed E-state index contributed by atoms with van der Waals surface area (Å²) in [4.78, 5) is 21.1. The van der Waals surface area contributed by atoms with Gasteiger partial charge in [0.2, 0.25) is 5.75 Å². The number of nitrogens with zero attached hydrogens (tertiary/aromatic N) is 4. The van der Waals surface area contributed by atoms with E-state index in [1.165, 1.54) is 12.4 Å². The first-order valence-corrected chi connectivity index (χ1v) is 7.55. The van der Waals surface area contributed by atoms with E-state index >= 15 is 0 Å². The maximum absolute atomic E-state index is 11.4. The fraction of sp³-hybridized carbons (Fsp3) is 0.467. The molecule has 0 spiro atoms. The van der Waals surface area contributed by atoms with Crippen molar-refractivity contribution >= 4 is 16.6 Å². The van der Waals surface area contributed by atoms with Crippen molar-refractivity contribution in [3.63, 3.8) is 0 Å². The van der Waals surface area contributed by atoms with Gasteiger partial charge in [-0.05, 0) is 6.42 Å². The van der Waals surface area contributed by atoms with Crippen molar-refractivity contribution in [2.24, 2.45) is 0 Å². The molecule has 0 radical (unpaired) electrons. The van der Waals surface area contributed by atoms with Gasteiger partial charge in [-0.1, -0.05) is 6.92 Å². The average molecular weight is 318 g/mol. The molecule has 0 amide bonds. The lowest BCUT2D eigenvalue weighted by Gasteiger charge is -2.33. The summed E-state index contributed by atoms with van der Waals surface area (Å²) in [5.41, 5.74) is 0.552. The number of morpholine rings is 1. The fourth-order valence-electron chi connectivity index (χ4n) is 2.66. The van der Waals surface area contributed by atoms with Crippen LogP contribution in [-0.2, 0) is 4.74 Å². The molecule has 1 aromatic heterocycles. The standard InChI is InChI=1S/C15H18N4O4/c1-2-15(18-3-5-22-6-4-18)23-14-8-12-11(9-16-10-17-12)7-13(14)19(20)21/h7-10,15H,2-6H2,1H3. The van der Waals surface area contributed by atoms with E-state index in [0.29, 0.717) is 24.1 Å². The summed E-state index contributed by atoms with van der Waals surface area (Å²) in [6.07, 6.45) is 3.46. The van der Waals surface area contributed by atoms with E-state index in [2.05, 4.69) is 14.9 Å². The molecule has 1 fully saturated rings. The van der Waals surface area contributed by atoms with E-state index in [1.807, 2.05) is 6.92 Å². The maximum Gasteiger partial charge on any atom is 0.311 e. The van der Waals surface area contributed by atoms with Crippen LogP contribution in [0.5, 0.6) is 5.75 Å². The molecule has 2 heterocycles. The Hall–Kier alpha value is -2.32. The molecule has 1 saturated heterocycles. The van der Waals surface area contributed by atoms with Crippen molar-refractivity contribution in [1.29, 1.82) is 0 Å². The Balaban J connectivity index is 1.93. The van der Waals surface area contributed by atoms with Crippen LogP contribution in [0.2, 0.25) is 0 Å². The first-order valence-electron chi connectivity index (χ1n) is 7.55. The Morgan fingerprint density at radius 3 is 2.91 bits per heavy atom. The lowest BCUT2D eigenvalue weighted by Crippen LogP contribution is -2.46. The van der Waals surface area contributed by atoms with E-state index in [1.54, 1.807) is 12.3 Å². The second-order valence-electron chi connectivity index (χ2n) is 5.29. The first kappa shape index (κ1) is 15.6. The zero-order valence-corrected chi connectivity index (χ0v) is 12.8. The summed E-state index contributed by atoms with van der Waals surface area (Å²) in [5, 5.41) is 12.0. The van der Waals surface area contributed by atoms with E-state index in [4.69, 9.17) is 9.47 Å². The number of rotatable bonds is 5. The topological polar surface area (TPSA) is 90.6 Å². The molecule has 0 N–H and O–H groups in total. The molecule has 1 aromatic carbocycles. The molecule has 0 aliphatic carbocycles. The van der Waals surface area contributed by atoms with Gasteiger partial charge in [-0.3, -0.25) is 15.0 Å². The summed E-state index contributed by atoms with van der Waals surface area (Å²) >= 11 is 0. The molecular weight excluding hydrogens is 300 g/mol. The van der Waals surface area contributed by atoms with E-state index in [9.17, 15) is 10.1 Å². The van der Waals surface area contributed by atoms with Crippen molar-refractivity contribution in [2.45, 2.75) is 19.6 Å². The summed E-state index contributed by atoms with van der Waals surface area (Å²) in [6, 6.07) is 3.06. The van der Waals surface area contributed by atoms with Crippen LogP contribution >= 0.6 is 0 Å². The number of benzene rings is 1. The van der Waals surface area contributed by atoms with Gasteiger partial charge in [0.1, 0.15) is 6.33 Å². The van der Waals surface area contributed by atoms with Crippen LogP contribution in [0.4, 0.5) is 5.69 Å². The highest BCUT2D eigenvalue weighted by molar-refractivity contribution is 5.82. The minimum absolute atomic E-state index is 0.0704. The summed E-state index contributed by atoms with van der Waals surface area (Å²) < 4.78 is 11.3. The molecule has 1 unspecified atom stereocenters. The molecule has 3 rings (SSSR count). The molecule has 8 nitrogen and oxygen atoms in total. The van der Waals surface area contributed by atoms with Gasteiger partial charge in [0, 0.05) is 36.8 Å². The lowest BCUT2D eigenvalue weighted by molar-refractivity contribution is -0.386. The fourth-order valence-corrected chi connectivity index (χ4v) is 2.66. The Morgan fingerprint density at radius 2 is 2.22 bits per heavy atom. The number of nitro benzene ring substituents is 1. The smallest absolute Gasteiger partial charge is 0.311 e. The minimum Gasteiger partial charge on any atom is -0.468 e. The minimum atomic E-state index is -0.437. The number of nitro groups is 1. The molecule has 122 valence electrons. The zero-order chi connectivity index (χ0) is 16.2. The molecule has 2 aromatic rings. The van der Waals surface area contributed by atoms with Crippen LogP contribution in [0.1, 0.15) is 13.3 Å². The highest BCUT2D eigenvalue weighted by Crippen LogP contribution is 2.32. The normalized spacial score (nSPS) is 17.1. The zero-order valence-electron chi connectivity index (χ0n) is 12.8. The average Bonchev–Trinajstić information content (AvgIpc) is 2.59. The van der Waals surface area contributed by atoms with Gasteiger partial charge in [-0.2, -0.15) is 0 Å². The second kappa shape index (κ2) is 6.84. The van der Waals surface area contributed by atoms with E-state index in [0.717, 1.165) is 19.5 Å². The second-order valence-corrected chi connectivity index (χ2v) is 5.29. The molecule has 8 heteroatoms. The van der Waals surface area contributed by atoms with Crippen LogP contribution < -0.4 is 4.74 Å². The van der Waals surface area contributed by atoms with Gasteiger partial charge in [-0.15, -0.1) is 0 Å². The number of hydrogen-bond donors (Lipinski definition) is 0. The highest BCUT2D eigenvalue weighted by Gasteiger charge is 2.25. The number of hydrogen-bond acceptors (Lipinski definition) is 7. The molecule has 0 saturated carbocycles. The lowest BCUT2D eigenvalue weighted by atomic mass is 10.2. The van der Waals surface area contributed by atoms with Gasteiger partial charge in [0.05, 0.1) is 23.7 Å². The number of fused-ring (bicyclic) bond motifs is 1. The molecule has 1 aliphatic rings. The monoisotopic (exact) mass is 318 g/mol. The van der Waals surface area contributed by atoms with Crippen LogP contribution in [0.15, 0.2) is 24.7 Å². The SMILES string of the molecule is CCC(Oc1cc2ncncc2cc1[N+](=O)[O-])N1CCOCC1. The van der Waals surface area contributed by atoms with Crippen LogP contribution in [-0.4, -0.2) is 52.3 Å². The Kier molecular flexibility index (Phi) is 4.63. The highest BCUT2D eigenvalue weighted by atomic mass is 16.6. The van der Waals surface area contributed by atoms with Crippen molar-refractivity contribution in [3.8, 4) is 5.75 Å². The molecular formula is C15H18N4O4. The molecule has 1 aliphatic heterocycles. The molecule has 23 heavy (non-hydrogen) atoms. The van der Waals surface area contributed by atoms with Crippen molar-refractivity contribution in [3.05, 3.63) is 34.8 Å². The third-order valence-corrected chi connectivity index (χ3v) is 3.85. The van der Waals surface area contributed by atoms with Gasteiger partial charge in [-0.25, -0.2) is 9.97 Å². The quantitative estimate of drug-likeness (QED) is 0.615. The van der Waals surface area contributed by atoms with Crippen molar-refractivity contribution in [2.75, 3.05) is 26.3 Å². The van der Waals surface area contributed by atoms with Crippen LogP contribution in [0.3, 0.4) is 0 Å². The first-order chi connectivity index (χ1) is 11.2. The maximum atomic E-state index is 11.4. The summed E-state index contributed by atoms with van der Waals surface area (Å²) in [6.45, 7) is 4.79. The van der Waals surface area contributed by atoms with E-state index < -0.39 is 4.92 Å².